The van der Waals surface area contributed by atoms with Crippen LogP contribution in [0.3, 0.4) is 0 Å². The van der Waals surface area contributed by atoms with Gasteiger partial charge in [0.15, 0.2) is 11.5 Å². The highest BCUT2D eigenvalue weighted by molar-refractivity contribution is 7.12. The lowest BCUT2D eigenvalue weighted by Gasteiger charge is -2.34. The van der Waals surface area contributed by atoms with Gasteiger partial charge in [-0.15, -0.1) is 11.3 Å². The Morgan fingerprint density at radius 2 is 2.04 bits per heavy atom. The van der Waals surface area contributed by atoms with Crippen LogP contribution in [-0.4, -0.2) is 48.7 Å². The van der Waals surface area contributed by atoms with Gasteiger partial charge < -0.3 is 14.4 Å². The maximum Gasteiger partial charge on any atom is 0.264 e. The Labute approximate surface area is 149 Å². The zero-order chi connectivity index (χ0) is 16.5. The molecule has 1 fully saturated rings. The number of nitrogens with zero attached hydrogens (tertiary/aromatic N) is 2. The summed E-state index contributed by atoms with van der Waals surface area (Å²) in [4.78, 5) is 17.4. The van der Waals surface area contributed by atoms with Gasteiger partial charge >= 0.3 is 0 Å². The molecule has 0 N–H and O–H groups in total. The van der Waals surface area contributed by atoms with Crippen LogP contribution in [0.1, 0.15) is 15.2 Å². The summed E-state index contributed by atoms with van der Waals surface area (Å²) in [5.41, 5.74) is 1.10. The number of amides is 1. The van der Waals surface area contributed by atoms with Gasteiger partial charge in [-0.2, -0.15) is 0 Å². The Hall–Kier alpha value is -1.76. The number of hydrogen-bond acceptors (Lipinski definition) is 5. The second-order valence-electron chi connectivity index (χ2n) is 5.86. The maximum absolute atomic E-state index is 12.4. The highest BCUT2D eigenvalue weighted by Gasteiger charge is 2.24. The van der Waals surface area contributed by atoms with Crippen molar-refractivity contribution in [2.75, 3.05) is 33.0 Å². The van der Waals surface area contributed by atoms with Crippen molar-refractivity contribution in [1.29, 1.82) is 0 Å². The van der Waals surface area contributed by atoms with Gasteiger partial charge in [-0.05, 0) is 29.1 Å². The number of halogens is 1. The quantitative estimate of drug-likeness (QED) is 0.839. The summed E-state index contributed by atoms with van der Waals surface area (Å²) in [6.45, 7) is 4.20. The topological polar surface area (TPSA) is 42.0 Å². The zero-order valence-electron chi connectivity index (χ0n) is 13.0. The fourth-order valence-electron chi connectivity index (χ4n) is 3.04. The van der Waals surface area contributed by atoms with Crippen molar-refractivity contribution in [3.05, 3.63) is 45.1 Å². The van der Waals surface area contributed by atoms with Crippen molar-refractivity contribution in [2.45, 2.75) is 6.54 Å². The van der Waals surface area contributed by atoms with Crippen LogP contribution in [0.15, 0.2) is 29.6 Å². The summed E-state index contributed by atoms with van der Waals surface area (Å²) in [6, 6.07) is 7.71. The van der Waals surface area contributed by atoms with E-state index in [4.69, 9.17) is 21.1 Å². The first-order valence-corrected chi connectivity index (χ1v) is 9.09. The average molecular weight is 365 g/mol. The van der Waals surface area contributed by atoms with Gasteiger partial charge in [-0.3, -0.25) is 9.69 Å². The molecule has 5 nitrogen and oxygen atoms in total. The van der Waals surface area contributed by atoms with Gasteiger partial charge in [0.2, 0.25) is 6.79 Å². The number of benzene rings is 1. The smallest absolute Gasteiger partial charge is 0.264 e. The first-order chi connectivity index (χ1) is 11.7. The summed E-state index contributed by atoms with van der Waals surface area (Å²) in [5.74, 6) is 1.48. The highest BCUT2D eigenvalue weighted by atomic mass is 35.5. The Morgan fingerprint density at radius 3 is 2.79 bits per heavy atom. The van der Waals surface area contributed by atoms with Crippen molar-refractivity contribution in [2.24, 2.45) is 0 Å². The lowest BCUT2D eigenvalue weighted by atomic mass is 10.1. The summed E-state index contributed by atoms with van der Waals surface area (Å²) >= 11 is 7.73. The van der Waals surface area contributed by atoms with Crippen molar-refractivity contribution in [3.8, 4) is 11.5 Å². The molecule has 0 unspecified atom stereocenters. The third kappa shape index (κ3) is 3.09. The number of carbonyl (C=O) groups excluding carboxylic acids is 1. The van der Waals surface area contributed by atoms with Gasteiger partial charge in [0.1, 0.15) is 0 Å². The molecule has 126 valence electrons. The number of carbonyl (C=O) groups is 1. The minimum absolute atomic E-state index is 0.135. The molecule has 0 atom stereocenters. The number of ether oxygens (including phenoxy) is 2. The standard InChI is InChI=1S/C17H17ClN2O3S/c18-13-8-12(9-14-16(13)23-11-22-14)10-19-3-5-20(6-4-19)17(21)15-2-1-7-24-15/h1-2,7-9H,3-6,10-11H2. The zero-order valence-corrected chi connectivity index (χ0v) is 14.6. The minimum atomic E-state index is 0.135. The van der Waals surface area contributed by atoms with E-state index in [0.29, 0.717) is 16.5 Å². The number of fused-ring (bicyclic) bond motifs is 1. The van der Waals surface area contributed by atoms with Crippen molar-refractivity contribution < 1.29 is 14.3 Å². The van der Waals surface area contributed by atoms with Crippen LogP contribution >= 0.6 is 22.9 Å². The van der Waals surface area contributed by atoms with E-state index in [2.05, 4.69) is 4.90 Å². The molecule has 1 aromatic carbocycles. The van der Waals surface area contributed by atoms with Crippen LogP contribution in [0.2, 0.25) is 5.02 Å². The molecule has 2 aromatic rings. The van der Waals surface area contributed by atoms with E-state index in [9.17, 15) is 4.79 Å². The largest absolute Gasteiger partial charge is 0.454 e. The van der Waals surface area contributed by atoms with Crippen LogP contribution < -0.4 is 9.47 Å². The predicted octanol–water partition coefficient (Wildman–Crippen LogP) is 3.09. The second-order valence-corrected chi connectivity index (χ2v) is 7.21. The lowest BCUT2D eigenvalue weighted by molar-refractivity contribution is 0.0633. The summed E-state index contributed by atoms with van der Waals surface area (Å²) in [5, 5.41) is 2.53. The van der Waals surface area contributed by atoms with Gasteiger partial charge in [0, 0.05) is 32.7 Å². The molecule has 0 bridgehead atoms. The molecule has 24 heavy (non-hydrogen) atoms. The molecule has 2 aliphatic heterocycles. The Balaban J connectivity index is 1.37. The lowest BCUT2D eigenvalue weighted by Crippen LogP contribution is -2.48. The summed E-state index contributed by atoms with van der Waals surface area (Å²) in [6.07, 6.45) is 0. The van der Waals surface area contributed by atoms with Crippen LogP contribution in [0.25, 0.3) is 0 Å². The number of thiophene rings is 1. The average Bonchev–Trinajstić information content (AvgIpc) is 3.26. The van der Waals surface area contributed by atoms with Crippen LogP contribution in [0.4, 0.5) is 0 Å². The third-order valence-corrected chi connectivity index (χ3v) is 5.42. The first kappa shape index (κ1) is 15.7. The van der Waals surface area contributed by atoms with Crippen molar-refractivity contribution in [1.82, 2.24) is 9.80 Å². The van der Waals surface area contributed by atoms with E-state index < -0.39 is 0 Å². The molecule has 0 saturated carbocycles. The predicted molar refractivity (Wildman–Crippen MR) is 93.1 cm³/mol. The van der Waals surface area contributed by atoms with Gasteiger partial charge in [0.05, 0.1) is 9.90 Å². The monoisotopic (exact) mass is 364 g/mol. The molecule has 2 aliphatic rings. The molecule has 3 heterocycles. The third-order valence-electron chi connectivity index (χ3n) is 4.28. The fourth-order valence-corrected chi connectivity index (χ4v) is 4.01. The van der Waals surface area contributed by atoms with Crippen molar-refractivity contribution in [3.63, 3.8) is 0 Å². The van der Waals surface area contributed by atoms with E-state index in [1.54, 1.807) is 0 Å². The molecule has 1 saturated heterocycles. The summed E-state index contributed by atoms with van der Waals surface area (Å²) < 4.78 is 10.8. The minimum Gasteiger partial charge on any atom is -0.454 e. The van der Waals surface area contributed by atoms with Crippen LogP contribution in [0, 0.1) is 0 Å². The Bertz CT molecular complexity index is 743. The second kappa shape index (κ2) is 6.63. The van der Waals surface area contributed by atoms with E-state index in [1.807, 2.05) is 34.5 Å². The molecule has 1 amide bonds. The number of rotatable bonds is 3. The molecule has 0 spiro atoms. The van der Waals surface area contributed by atoms with Gasteiger partial charge in [-0.1, -0.05) is 17.7 Å². The van der Waals surface area contributed by atoms with E-state index >= 15 is 0 Å². The summed E-state index contributed by atoms with van der Waals surface area (Å²) in [7, 11) is 0. The van der Waals surface area contributed by atoms with Crippen LogP contribution in [-0.2, 0) is 6.54 Å². The molecule has 7 heteroatoms. The molecular weight excluding hydrogens is 348 g/mol. The Morgan fingerprint density at radius 1 is 1.21 bits per heavy atom. The van der Waals surface area contributed by atoms with E-state index in [-0.39, 0.29) is 12.7 Å². The Kier molecular flexibility index (Phi) is 4.35. The van der Waals surface area contributed by atoms with E-state index in [0.717, 1.165) is 43.2 Å². The van der Waals surface area contributed by atoms with E-state index in [1.165, 1.54) is 11.3 Å². The molecule has 0 aliphatic carbocycles. The van der Waals surface area contributed by atoms with Gasteiger partial charge in [0.25, 0.3) is 5.91 Å². The van der Waals surface area contributed by atoms with Gasteiger partial charge in [-0.25, -0.2) is 0 Å². The molecular formula is C17H17ClN2O3S. The number of piperazine rings is 1. The first-order valence-electron chi connectivity index (χ1n) is 7.84. The SMILES string of the molecule is O=C(c1cccs1)N1CCN(Cc2cc(Cl)c3c(c2)OCO3)CC1. The van der Waals surface area contributed by atoms with Crippen molar-refractivity contribution >= 4 is 28.8 Å². The highest BCUT2D eigenvalue weighted by Crippen LogP contribution is 2.40. The molecule has 4 rings (SSSR count). The molecule has 0 radical (unpaired) electrons. The maximum atomic E-state index is 12.4. The van der Waals surface area contributed by atoms with Crippen LogP contribution in [0.5, 0.6) is 11.5 Å². The normalized spacial score (nSPS) is 17.3. The number of hydrogen-bond donors (Lipinski definition) is 0. The molecule has 1 aromatic heterocycles. The fraction of sp³-hybridized carbons (Fsp3) is 0.353.